The van der Waals surface area contributed by atoms with Gasteiger partial charge in [0.25, 0.3) is 0 Å². The number of carbonyl (C=O) groups is 1. The van der Waals surface area contributed by atoms with Gasteiger partial charge in [0.1, 0.15) is 11.0 Å². The van der Waals surface area contributed by atoms with Gasteiger partial charge < -0.3 is 15.2 Å². The van der Waals surface area contributed by atoms with E-state index in [1.54, 1.807) is 55.8 Å². The number of nitrogens with zero attached hydrogens (tertiary/aromatic N) is 2. The number of hydrogen-bond acceptors (Lipinski definition) is 8. The van der Waals surface area contributed by atoms with Crippen molar-refractivity contribution in [3.63, 3.8) is 0 Å². The Morgan fingerprint density at radius 2 is 1.63 bits per heavy atom. The van der Waals surface area contributed by atoms with E-state index in [0.29, 0.717) is 16.6 Å². The molecule has 0 fully saturated rings. The van der Waals surface area contributed by atoms with E-state index in [1.807, 2.05) is 48.5 Å². The Morgan fingerprint density at radius 1 is 0.953 bits per heavy atom. The van der Waals surface area contributed by atoms with Crippen molar-refractivity contribution >= 4 is 38.7 Å². The number of ether oxygens (including phenoxy) is 1. The summed E-state index contributed by atoms with van der Waals surface area (Å²) in [7, 11) is -2.12. The molecule has 11 heteroatoms. The molecule has 3 aromatic carbocycles. The molecule has 2 N–H and O–H groups in total. The minimum absolute atomic E-state index is 0.000951. The summed E-state index contributed by atoms with van der Waals surface area (Å²) in [6.45, 7) is -0.000951. The van der Waals surface area contributed by atoms with Crippen LogP contribution in [0.5, 0.6) is 5.88 Å². The quantitative estimate of drug-likeness (QED) is 0.165. The van der Waals surface area contributed by atoms with Gasteiger partial charge in [-0.2, -0.15) is 0 Å². The van der Waals surface area contributed by atoms with Crippen LogP contribution >= 0.6 is 22.9 Å². The van der Waals surface area contributed by atoms with Crippen LogP contribution in [0, 0.1) is 0 Å². The normalized spacial score (nSPS) is 12.1. The minimum atomic E-state index is -3.67. The molecule has 0 spiro atoms. The number of hydrogen-bond donors (Lipinski definition) is 2. The van der Waals surface area contributed by atoms with Gasteiger partial charge >= 0.3 is 5.97 Å². The number of benzene rings is 3. The van der Waals surface area contributed by atoms with Gasteiger partial charge in [0.15, 0.2) is 9.84 Å². The molecule has 0 aliphatic rings. The first kappa shape index (κ1) is 30.4. The molecule has 0 bridgehead atoms. The fraction of sp³-hybridized carbons (Fsp3) is 0.156. The third kappa shape index (κ3) is 7.47. The Kier molecular flexibility index (Phi) is 9.52. The van der Waals surface area contributed by atoms with Crippen LogP contribution in [0.3, 0.4) is 0 Å². The van der Waals surface area contributed by atoms with Gasteiger partial charge in [0, 0.05) is 40.5 Å². The molecule has 8 nitrogen and oxygen atoms in total. The van der Waals surface area contributed by atoms with E-state index < -0.39 is 21.8 Å². The summed E-state index contributed by atoms with van der Waals surface area (Å²) in [4.78, 5) is 22.0. The first-order valence-corrected chi connectivity index (χ1v) is 16.2. The van der Waals surface area contributed by atoms with Crippen LogP contribution < -0.4 is 10.1 Å². The standard InChI is InChI=1S/C32H28ClN3O5S2/c1-41-28-16-11-24(20-35-28)30-29(36-31(42-30)23-7-12-25(33)13-8-23)22-9-14-26(15-10-22)43(39,40)18-17-34-27(32(37)38)19-21-5-3-2-4-6-21/h2-16,20,27,34H,17-19H2,1H3,(H,37,38). The van der Waals surface area contributed by atoms with Crippen molar-refractivity contribution in [2.75, 3.05) is 19.4 Å². The highest BCUT2D eigenvalue weighted by atomic mass is 35.5. The molecule has 1 atom stereocenters. The number of sulfone groups is 1. The molecular weight excluding hydrogens is 606 g/mol. The van der Waals surface area contributed by atoms with Gasteiger partial charge in [-0.3, -0.25) is 4.79 Å². The van der Waals surface area contributed by atoms with Crippen molar-refractivity contribution in [3.8, 4) is 38.1 Å². The molecule has 5 rings (SSSR count). The number of carboxylic acids is 1. The Morgan fingerprint density at radius 3 is 2.26 bits per heavy atom. The molecule has 2 aromatic heterocycles. The van der Waals surface area contributed by atoms with E-state index in [1.165, 1.54) is 11.3 Å². The van der Waals surface area contributed by atoms with Gasteiger partial charge in [0.2, 0.25) is 5.88 Å². The van der Waals surface area contributed by atoms with Gasteiger partial charge in [0.05, 0.1) is 28.3 Å². The smallest absolute Gasteiger partial charge is 0.321 e. The highest BCUT2D eigenvalue weighted by molar-refractivity contribution is 7.91. The van der Waals surface area contributed by atoms with Gasteiger partial charge in [-0.1, -0.05) is 66.2 Å². The molecule has 0 aliphatic heterocycles. The third-order valence-electron chi connectivity index (χ3n) is 6.76. The van der Waals surface area contributed by atoms with Crippen LogP contribution in [-0.4, -0.2) is 54.9 Å². The summed E-state index contributed by atoms with van der Waals surface area (Å²) in [5.41, 5.74) is 4.04. The van der Waals surface area contributed by atoms with E-state index in [0.717, 1.165) is 32.1 Å². The summed E-state index contributed by atoms with van der Waals surface area (Å²) in [6, 6.07) is 26.0. The number of aliphatic carboxylic acids is 1. The average Bonchev–Trinajstić information content (AvgIpc) is 3.47. The molecule has 0 amide bonds. The molecule has 0 aliphatic carbocycles. The van der Waals surface area contributed by atoms with Crippen molar-refractivity contribution in [1.82, 2.24) is 15.3 Å². The van der Waals surface area contributed by atoms with Gasteiger partial charge in [-0.25, -0.2) is 18.4 Å². The summed E-state index contributed by atoms with van der Waals surface area (Å²) >= 11 is 7.58. The van der Waals surface area contributed by atoms with Crippen LogP contribution in [0.4, 0.5) is 0 Å². The molecule has 0 radical (unpaired) electrons. The number of rotatable bonds is 12. The lowest BCUT2D eigenvalue weighted by atomic mass is 10.1. The Bertz CT molecular complexity index is 1790. The van der Waals surface area contributed by atoms with Crippen molar-refractivity contribution < 1.29 is 23.1 Å². The minimum Gasteiger partial charge on any atom is -0.481 e. The van der Waals surface area contributed by atoms with E-state index in [4.69, 9.17) is 21.3 Å². The summed E-state index contributed by atoms with van der Waals surface area (Å²) in [5.74, 6) is -0.785. The lowest BCUT2D eigenvalue weighted by molar-refractivity contribution is -0.139. The van der Waals surface area contributed by atoms with Crippen molar-refractivity contribution in [2.24, 2.45) is 0 Å². The zero-order chi connectivity index (χ0) is 30.4. The van der Waals surface area contributed by atoms with Crippen molar-refractivity contribution in [1.29, 1.82) is 0 Å². The number of methoxy groups -OCH3 is 1. The van der Waals surface area contributed by atoms with Crippen molar-refractivity contribution in [3.05, 3.63) is 108 Å². The predicted molar refractivity (Wildman–Crippen MR) is 169 cm³/mol. The van der Waals surface area contributed by atoms with Crippen LogP contribution in [-0.2, 0) is 21.1 Å². The topological polar surface area (TPSA) is 118 Å². The molecule has 1 unspecified atom stereocenters. The second-order valence-electron chi connectivity index (χ2n) is 9.67. The SMILES string of the molecule is COc1ccc(-c2sc(-c3ccc(Cl)cc3)nc2-c2ccc(S(=O)(=O)CCNC(Cc3ccccc3)C(=O)O)cc2)cn1. The van der Waals surface area contributed by atoms with E-state index in [9.17, 15) is 18.3 Å². The average molecular weight is 634 g/mol. The zero-order valence-corrected chi connectivity index (χ0v) is 25.5. The number of thiazole rings is 1. The molecule has 43 heavy (non-hydrogen) atoms. The van der Waals surface area contributed by atoms with Crippen LogP contribution in [0.15, 0.2) is 102 Å². The second-order valence-corrected chi connectivity index (χ2v) is 13.2. The highest BCUT2D eigenvalue weighted by Crippen LogP contribution is 2.41. The maximum absolute atomic E-state index is 13.1. The van der Waals surface area contributed by atoms with E-state index in [2.05, 4.69) is 10.3 Å². The summed E-state index contributed by atoms with van der Waals surface area (Å²) < 4.78 is 31.5. The molecule has 2 heterocycles. The largest absolute Gasteiger partial charge is 0.481 e. The molecule has 220 valence electrons. The lowest BCUT2D eigenvalue weighted by Gasteiger charge is -2.15. The van der Waals surface area contributed by atoms with Crippen LogP contribution in [0.2, 0.25) is 5.02 Å². The fourth-order valence-corrected chi connectivity index (χ4v) is 6.85. The zero-order valence-electron chi connectivity index (χ0n) is 23.1. The maximum atomic E-state index is 13.1. The summed E-state index contributed by atoms with van der Waals surface area (Å²) in [6.07, 6.45) is 1.97. The predicted octanol–water partition coefficient (Wildman–Crippen LogP) is 6.26. The van der Waals surface area contributed by atoms with Crippen molar-refractivity contribution in [2.45, 2.75) is 17.4 Å². The monoisotopic (exact) mass is 633 g/mol. The fourth-order valence-electron chi connectivity index (χ4n) is 4.46. The molecular formula is C32H28ClN3O5S2. The van der Waals surface area contributed by atoms with Crippen LogP contribution in [0.25, 0.3) is 32.3 Å². The summed E-state index contributed by atoms with van der Waals surface area (Å²) in [5, 5.41) is 13.9. The maximum Gasteiger partial charge on any atom is 0.321 e. The Balaban J connectivity index is 1.36. The third-order valence-corrected chi connectivity index (χ3v) is 9.89. The molecule has 0 saturated carbocycles. The van der Waals surface area contributed by atoms with E-state index >= 15 is 0 Å². The second kappa shape index (κ2) is 13.5. The first-order chi connectivity index (χ1) is 20.7. The first-order valence-electron chi connectivity index (χ1n) is 13.3. The molecule has 0 saturated heterocycles. The van der Waals surface area contributed by atoms with Gasteiger partial charge in [-0.15, -0.1) is 11.3 Å². The van der Waals surface area contributed by atoms with E-state index in [-0.39, 0.29) is 23.6 Å². The number of pyridine rings is 1. The molecule has 5 aromatic rings. The van der Waals surface area contributed by atoms with Crippen LogP contribution in [0.1, 0.15) is 5.56 Å². The Labute approximate surface area is 258 Å². The number of aromatic nitrogens is 2. The lowest BCUT2D eigenvalue weighted by Crippen LogP contribution is -2.40. The Hall–Kier alpha value is -4.09. The highest BCUT2D eigenvalue weighted by Gasteiger charge is 2.21. The number of carboxylic acid groups (broad SMARTS) is 1. The van der Waals surface area contributed by atoms with Gasteiger partial charge in [-0.05, 0) is 42.3 Å². The number of nitrogens with one attached hydrogen (secondary N) is 1. The number of halogens is 1.